The summed E-state index contributed by atoms with van der Waals surface area (Å²) in [6.07, 6.45) is -3.02. The number of nitrogens with one attached hydrogen (secondary N) is 3. The van der Waals surface area contributed by atoms with Gasteiger partial charge in [-0.2, -0.15) is 13.2 Å². The molecule has 0 aliphatic carbocycles. The number of nitrogens with zero attached hydrogens (tertiary/aromatic N) is 2. The van der Waals surface area contributed by atoms with Gasteiger partial charge in [0.05, 0.1) is 0 Å². The lowest BCUT2D eigenvalue weighted by molar-refractivity contribution is -0.123. The van der Waals surface area contributed by atoms with E-state index in [1.807, 2.05) is 0 Å². The Balaban J connectivity index is 2.05. The first-order chi connectivity index (χ1) is 16.1. The molecule has 3 aromatic rings. The molecule has 1 aromatic carbocycles. The Morgan fingerprint density at radius 1 is 1.00 bits per heavy atom. The Labute approximate surface area is 191 Å². The lowest BCUT2D eigenvalue weighted by Crippen LogP contribution is -2.35. The van der Waals surface area contributed by atoms with Crippen LogP contribution in [0.15, 0.2) is 36.5 Å². The molecule has 2 aromatic heterocycles. The van der Waals surface area contributed by atoms with Crippen LogP contribution in [-0.4, -0.2) is 59.7 Å². The fourth-order valence-corrected chi connectivity index (χ4v) is 3.13. The number of alkyl halides is 3. The van der Waals surface area contributed by atoms with Crippen LogP contribution < -0.4 is 16.0 Å². The van der Waals surface area contributed by atoms with Crippen molar-refractivity contribution in [1.29, 1.82) is 0 Å². The van der Waals surface area contributed by atoms with Crippen molar-refractivity contribution in [2.45, 2.75) is 12.6 Å². The molecule has 0 saturated heterocycles. The molecule has 180 valence electrons. The van der Waals surface area contributed by atoms with Crippen molar-refractivity contribution in [2.24, 2.45) is 0 Å². The maximum Gasteiger partial charge on any atom is 0.405 e. The van der Waals surface area contributed by atoms with E-state index in [1.54, 1.807) is 24.5 Å². The summed E-state index contributed by atoms with van der Waals surface area (Å²) < 4.78 is 51.1. The zero-order valence-corrected chi connectivity index (χ0v) is 18.0. The first-order valence-electron chi connectivity index (χ1n) is 10.1. The zero-order chi connectivity index (χ0) is 24.9. The molecule has 3 rings (SSSR count). The highest BCUT2D eigenvalue weighted by Gasteiger charge is 2.30. The first-order valence-corrected chi connectivity index (χ1v) is 10.1. The Kier molecular flexibility index (Phi) is 7.61. The highest BCUT2D eigenvalue weighted by atomic mass is 19.4. The van der Waals surface area contributed by atoms with Gasteiger partial charge in [-0.15, -0.1) is 0 Å². The zero-order valence-electron chi connectivity index (χ0n) is 18.0. The van der Waals surface area contributed by atoms with Crippen LogP contribution in [0.1, 0.15) is 32.1 Å². The van der Waals surface area contributed by atoms with Crippen LogP contribution >= 0.6 is 0 Å². The Bertz CT molecular complexity index is 1200. The highest BCUT2D eigenvalue weighted by Crippen LogP contribution is 2.29. The van der Waals surface area contributed by atoms with E-state index >= 15 is 0 Å². The molecule has 2 heterocycles. The summed E-state index contributed by atoms with van der Waals surface area (Å²) in [7, 11) is 1.66. The summed E-state index contributed by atoms with van der Waals surface area (Å²) in [6.45, 7) is -1.03. The minimum atomic E-state index is -4.66. The van der Waals surface area contributed by atoms with Crippen LogP contribution in [0, 0.1) is 5.82 Å². The van der Waals surface area contributed by atoms with Gasteiger partial charge in [0.1, 0.15) is 23.6 Å². The second-order valence-corrected chi connectivity index (χ2v) is 7.36. The molecule has 0 aliphatic rings. The first kappa shape index (κ1) is 24.8. The van der Waals surface area contributed by atoms with Crippen LogP contribution in [-0.2, 0) is 6.42 Å². The van der Waals surface area contributed by atoms with Gasteiger partial charge in [-0.05, 0) is 42.8 Å². The van der Waals surface area contributed by atoms with Crippen LogP contribution in [0.5, 0.6) is 5.75 Å². The predicted molar refractivity (Wildman–Crippen MR) is 115 cm³/mol. The summed E-state index contributed by atoms with van der Waals surface area (Å²) >= 11 is 0. The number of hydrogen-bond donors (Lipinski definition) is 4. The maximum absolute atomic E-state index is 13.2. The van der Waals surface area contributed by atoms with Crippen LogP contribution in [0.3, 0.4) is 0 Å². The second-order valence-electron chi connectivity index (χ2n) is 7.36. The standard InChI is InChI=1S/C22H21F4N5O3/c1-27-6-7-28-21(34)18-19(32)16-15(17(31-18)20(33)30-11-22(24,25)26)9-13(10-29-16)8-12-2-4-14(23)5-3-12/h2-5,9-10,27,32H,6-8,11H2,1H3,(H,28,34)(H,30,33). The summed E-state index contributed by atoms with van der Waals surface area (Å²) in [6, 6.07) is 7.07. The number of aromatic nitrogens is 2. The van der Waals surface area contributed by atoms with Crippen LogP contribution in [0.25, 0.3) is 10.9 Å². The predicted octanol–water partition coefficient (Wildman–Crippen LogP) is 2.31. The number of pyridine rings is 2. The average molecular weight is 479 g/mol. The van der Waals surface area contributed by atoms with Gasteiger partial charge < -0.3 is 21.1 Å². The largest absolute Gasteiger partial charge is 0.504 e. The number of rotatable bonds is 8. The molecule has 2 amide bonds. The lowest BCUT2D eigenvalue weighted by atomic mass is 10.0. The van der Waals surface area contributed by atoms with E-state index in [0.717, 1.165) is 0 Å². The minimum Gasteiger partial charge on any atom is -0.504 e. The number of benzene rings is 1. The van der Waals surface area contributed by atoms with Crippen molar-refractivity contribution in [3.8, 4) is 5.75 Å². The Morgan fingerprint density at radius 2 is 1.68 bits per heavy atom. The van der Waals surface area contributed by atoms with Gasteiger partial charge in [-0.1, -0.05) is 12.1 Å². The molecule has 0 saturated carbocycles. The van der Waals surface area contributed by atoms with Crippen LogP contribution in [0.4, 0.5) is 17.6 Å². The van der Waals surface area contributed by atoms with E-state index in [1.165, 1.54) is 24.4 Å². The topological polar surface area (TPSA) is 116 Å². The molecule has 8 nitrogen and oxygen atoms in total. The van der Waals surface area contributed by atoms with Crippen molar-refractivity contribution in [2.75, 3.05) is 26.7 Å². The highest BCUT2D eigenvalue weighted by molar-refractivity contribution is 6.09. The minimum absolute atomic E-state index is 0.0384. The number of likely N-dealkylation sites (N-methyl/N-ethyl adjacent to an activating group) is 1. The molecule has 0 spiro atoms. The van der Waals surface area contributed by atoms with Gasteiger partial charge >= 0.3 is 6.18 Å². The van der Waals surface area contributed by atoms with Gasteiger partial charge in [0.2, 0.25) is 0 Å². The van der Waals surface area contributed by atoms with E-state index in [9.17, 15) is 32.3 Å². The summed E-state index contributed by atoms with van der Waals surface area (Å²) in [5.41, 5.74) is 0.0253. The molecule has 12 heteroatoms. The molecule has 0 atom stereocenters. The van der Waals surface area contributed by atoms with Crippen molar-refractivity contribution in [3.63, 3.8) is 0 Å². The van der Waals surface area contributed by atoms with Crippen molar-refractivity contribution in [3.05, 3.63) is 64.9 Å². The molecule has 34 heavy (non-hydrogen) atoms. The number of halogens is 4. The SMILES string of the molecule is CNCCNC(=O)c1nc(C(=O)NCC(F)(F)F)c2cc(Cc3ccc(F)cc3)cnc2c1O. The third kappa shape index (κ3) is 6.16. The molecule has 0 aliphatic heterocycles. The second kappa shape index (κ2) is 10.4. The summed E-state index contributed by atoms with van der Waals surface area (Å²) in [4.78, 5) is 33.1. The molecule has 0 fully saturated rings. The number of hydrogen-bond acceptors (Lipinski definition) is 6. The van der Waals surface area contributed by atoms with Crippen molar-refractivity contribution in [1.82, 2.24) is 25.9 Å². The fraction of sp³-hybridized carbons (Fsp3) is 0.273. The molecule has 4 N–H and O–H groups in total. The van der Waals surface area contributed by atoms with E-state index in [4.69, 9.17) is 0 Å². The van der Waals surface area contributed by atoms with E-state index in [2.05, 4.69) is 20.6 Å². The monoisotopic (exact) mass is 479 g/mol. The molecular formula is C22H21F4N5O3. The third-order valence-corrected chi connectivity index (χ3v) is 4.73. The van der Waals surface area contributed by atoms with Gasteiger partial charge in [0, 0.05) is 24.7 Å². The number of carbonyl (C=O) groups is 2. The Hall–Kier alpha value is -3.80. The van der Waals surface area contributed by atoms with Gasteiger partial charge in [0.25, 0.3) is 11.8 Å². The van der Waals surface area contributed by atoms with E-state index in [0.29, 0.717) is 17.7 Å². The van der Waals surface area contributed by atoms with Crippen LogP contribution in [0.2, 0.25) is 0 Å². The van der Waals surface area contributed by atoms with E-state index in [-0.39, 0.29) is 23.9 Å². The van der Waals surface area contributed by atoms with Gasteiger partial charge in [-0.3, -0.25) is 14.6 Å². The average Bonchev–Trinajstić information content (AvgIpc) is 2.79. The smallest absolute Gasteiger partial charge is 0.405 e. The number of aromatic hydroxyl groups is 1. The van der Waals surface area contributed by atoms with Crippen molar-refractivity contribution < 1.29 is 32.3 Å². The Morgan fingerprint density at radius 3 is 2.32 bits per heavy atom. The fourth-order valence-electron chi connectivity index (χ4n) is 3.13. The number of carbonyl (C=O) groups excluding carboxylic acids is 2. The van der Waals surface area contributed by atoms with Gasteiger partial charge in [0.15, 0.2) is 11.4 Å². The van der Waals surface area contributed by atoms with Crippen molar-refractivity contribution >= 4 is 22.7 Å². The lowest BCUT2D eigenvalue weighted by Gasteiger charge is -2.14. The molecule has 0 radical (unpaired) electrons. The summed E-state index contributed by atoms with van der Waals surface area (Å²) in [5.74, 6) is -3.04. The maximum atomic E-state index is 13.2. The molecule has 0 unspecified atom stereocenters. The molecule has 0 bridgehead atoms. The third-order valence-electron chi connectivity index (χ3n) is 4.73. The normalized spacial score (nSPS) is 11.4. The number of amides is 2. The van der Waals surface area contributed by atoms with E-state index < -0.39 is 47.5 Å². The summed E-state index contributed by atoms with van der Waals surface area (Å²) in [5, 5.41) is 17.6. The molecular weight excluding hydrogens is 458 g/mol. The quantitative estimate of drug-likeness (QED) is 0.291. The van der Waals surface area contributed by atoms with Gasteiger partial charge in [-0.25, -0.2) is 9.37 Å². The number of fused-ring (bicyclic) bond motifs is 1.